The molecule has 13 heavy (non-hydrogen) atoms. The van der Waals surface area contributed by atoms with E-state index in [4.69, 9.17) is 0 Å². The molecule has 2 N–H and O–H groups in total. The van der Waals surface area contributed by atoms with Gasteiger partial charge in [-0.1, -0.05) is 19.1 Å². The molecular formula is C9H22N4. The van der Waals surface area contributed by atoms with Crippen molar-refractivity contribution in [2.75, 3.05) is 13.1 Å². The van der Waals surface area contributed by atoms with Crippen LogP contribution in [0.1, 0.15) is 34.1 Å². The van der Waals surface area contributed by atoms with Crippen molar-refractivity contribution >= 4 is 0 Å². The Balaban J connectivity index is 3.11. The van der Waals surface area contributed by atoms with Gasteiger partial charge < -0.3 is 5.32 Å². The first-order valence-electron chi connectivity index (χ1n) is 4.98. The van der Waals surface area contributed by atoms with Gasteiger partial charge in [-0.3, -0.25) is 5.43 Å². The molecule has 0 bridgehead atoms. The zero-order valence-electron chi connectivity index (χ0n) is 9.17. The molecule has 0 unspecified atom stereocenters. The highest BCUT2D eigenvalue weighted by Gasteiger charge is 1.90. The Kier molecular flexibility index (Phi) is 7.59. The molecule has 0 heterocycles. The molecule has 0 fully saturated rings. The monoisotopic (exact) mass is 186 g/mol. The summed E-state index contributed by atoms with van der Waals surface area (Å²) in [7, 11) is 0. The van der Waals surface area contributed by atoms with Crippen LogP contribution in [0.3, 0.4) is 0 Å². The van der Waals surface area contributed by atoms with Crippen LogP contribution in [0.4, 0.5) is 0 Å². The molecular weight excluding hydrogens is 164 g/mol. The summed E-state index contributed by atoms with van der Waals surface area (Å²) in [5.74, 6) is 0. The van der Waals surface area contributed by atoms with Gasteiger partial charge in [0.2, 0.25) is 0 Å². The first kappa shape index (κ1) is 12.4. The third-order valence-electron chi connectivity index (χ3n) is 1.37. The van der Waals surface area contributed by atoms with Crippen molar-refractivity contribution in [1.82, 2.24) is 10.7 Å². The molecule has 0 amide bonds. The van der Waals surface area contributed by atoms with Gasteiger partial charge in [-0.2, -0.15) is 5.11 Å². The smallest absolute Gasteiger partial charge is 0.0632 e. The Hall–Kier alpha value is -0.640. The summed E-state index contributed by atoms with van der Waals surface area (Å²) < 4.78 is 0. The summed E-state index contributed by atoms with van der Waals surface area (Å²) in [6, 6.07) is 0.934. The molecule has 0 rings (SSSR count). The second kappa shape index (κ2) is 7.98. The molecule has 0 aromatic carbocycles. The van der Waals surface area contributed by atoms with Crippen molar-refractivity contribution in [1.29, 1.82) is 0 Å². The van der Waals surface area contributed by atoms with Gasteiger partial charge in [0.05, 0.1) is 6.54 Å². The molecule has 4 heteroatoms. The lowest BCUT2D eigenvalue weighted by atomic mass is 10.3. The van der Waals surface area contributed by atoms with E-state index in [9.17, 15) is 0 Å². The second-order valence-corrected chi connectivity index (χ2v) is 3.71. The zero-order valence-corrected chi connectivity index (χ0v) is 9.17. The minimum atomic E-state index is 0.373. The van der Waals surface area contributed by atoms with Crippen LogP contribution >= 0.6 is 0 Å². The number of nitrogens with zero attached hydrogens (tertiary/aromatic N) is 2. The molecule has 4 nitrogen and oxygen atoms in total. The molecule has 0 aromatic rings. The Morgan fingerprint density at radius 2 is 1.77 bits per heavy atom. The second-order valence-electron chi connectivity index (χ2n) is 3.71. The van der Waals surface area contributed by atoms with Gasteiger partial charge in [0.15, 0.2) is 0 Å². The Labute approximate surface area is 81.2 Å². The lowest BCUT2D eigenvalue weighted by Gasteiger charge is -2.05. The van der Waals surface area contributed by atoms with Crippen molar-refractivity contribution in [3.05, 3.63) is 0 Å². The standard InChI is InChI=1S/C9H22N4/c1-8(2)10-6-5-7-11-13-12-9(3)4/h8-10H,5-7H2,1-4H3,(H,11,12). The highest BCUT2D eigenvalue weighted by atomic mass is 15.4. The first-order valence-corrected chi connectivity index (χ1v) is 4.98. The van der Waals surface area contributed by atoms with Crippen LogP contribution in [-0.4, -0.2) is 25.2 Å². The third kappa shape index (κ3) is 11.4. The van der Waals surface area contributed by atoms with Crippen LogP contribution in [0.15, 0.2) is 10.3 Å². The molecule has 0 spiro atoms. The molecule has 78 valence electrons. The van der Waals surface area contributed by atoms with Crippen molar-refractivity contribution < 1.29 is 0 Å². The van der Waals surface area contributed by atoms with E-state index in [0.717, 1.165) is 19.5 Å². The Morgan fingerprint density at radius 1 is 1.08 bits per heavy atom. The van der Waals surface area contributed by atoms with Crippen LogP contribution in [-0.2, 0) is 0 Å². The minimum absolute atomic E-state index is 0.373. The molecule has 0 atom stereocenters. The van der Waals surface area contributed by atoms with Crippen molar-refractivity contribution in [3.63, 3.8) is 0 Å². The predicted molar refractivity (Wildman–Crippen MR) is 55.8 cm³/mol. The number of rotatable bonds is 7. The fourth-order valence-electron chi connectivity index (χ4n) is 0.747. The summed E-state index contributed by atoms with van der Waals surface area (Å²) in [5, 5.41) is 11.1. The Morgan fingerprint density at radius 3 is 2.31 bits per heavy atom. The summed E-state index contributed by atoms with van der Waals surface area (Å²) in [5.41, 5.74) is 2.88. The van der Waals surface area contributed by atoms with E-state index in [-0.39, 0.29) is 0 Å². The van der Waals surface area contributed by atoms with Crippen molar-refractivity contribution in [2.24, 2.45) is 10.3 Å². The van der Waals surface area contributed by atoms with Crippen LogP contribution < -0.4 is 10.7 Å². The zero-order chi connectivity index (χ0) is 10.1. The van der Waals surface area contributed by atoms with E-state index < -0.39 is 0 Å². The maximum Gasteiger partial charge on any atom is 0.0632 e. The van der Waals surface area contributed by atoms with E-state index in [2.05, 4.69) is 34.9 Å². The quantitative estimate of drug-likeness (QED) is 0.361. The average molecular weight is 186 g/mol. The predicted octanol–water partition coefficient (Wildman–Crippen LogP) is 1.74. The van der Waals surface area contributed by atoms with Gasteiger partial charge in [0.25, 0.3) is 0 Å². The largest absolute Gasteiger partial charge is 0.314 e. The maximum absolute atomic E-state index is 3.98. The summed E-state index contributed by atoms with van der Waals surface area (Å²) in [6.45, 7) is 10.2. The molecule has 0 aliphatic heterocycles. The van der Waals surface area contributed by atoms with E-state index in [0.29, 0.717) is 12.1 Å². The summed E-state index contributed by atoms with van der Waals surface area (Å²) in [6.07, 6.45) is 1.04. The van der Waals surface area contributed by atoms with Gasteiger partial charge in [-0.25, -0.2) is 0 Å². The van der Waals surface area contributed by atoms with Gasteiger partial charge in [0.1, 0.15) is 0 Å². The van der Waals surface area contributed by atoms with E-state index >= 15 is 0 Å². The molecule has 0 aliphatic rings. The maximum atomic E-state index is 3.98. The lowest BCUT2D eigenvalue weighted by Crippen LogP contribution is -2.24. The fraction of sp³-hybridized carbons (Fsp3) is 1.00. The van der Waals surface area contributed by atoms with Gasteiger partial charge in [0, 0.05) is 12.1 Å². The number of hydrogen-bond donors (Lipinski definition) is 2. The lowest BCUT2D eigenvalue weighted by molar-refractivity contribution is 0.550. The molecule has 0 aromatic heterocycles. The van der Waals surface area contributed by atoms with E-state index in [1.165, 1.54) is 0 Å². The van der Waals surface area contributed by atoms with Gasteiger partial charge in [-0.15, -0.1) is 0 Å². The normalized spacial score (nSPS) is 11.8. The van der Waals surface area contributed by atoms with Gasteiger partial charge >= 0.3 is 0 Å². The van der Waals surface area contributed by atoms with E-state index in [1.807, 2.05) is 13.8 Å². The van der Waals surface area contributed by atoms with Crippen LogP contribution in [0.5, 0.6) is 0 Å². The SMILES string of the molecule is CC(C)NCCCN=NNC(C)C. The van der Waals surface area contributed by atoms with Crippen LogP contribution in [0.25, 0.3) is 0 Å². The fourth-order valence-corrected chi connectivity index (χ4v) is 0.747. The topological polar surface area (TPSA) is 48.8 Å². The van der Waals surface area contributed by atoms with E-state index in [1.54, 1.807) is 0 Å². The number of nitrogens with one attached hydrogen (secondary N) is 2. The average Bonchev–Trinajstić information content (AvgIpc) is 2.01. The van der Waals surface area contributed by atoms with Gasteiger partial charge in [-0.05, 0) is 26.8 Å². The molecule has 0 radical (unpaired) electrons. The highest BCUT2D eigenvalue weighted by molar-refractivity contribution is 4.53. The summed E-state index contributed by atoms with van der Waals surface area (Å²) in [4.78, 5) is 0. The Bertz CT molecular complexity index is 132. The van der Waals surface area contributed by atoms with Crippen molar-refractivity contribution in [3.8, 4) is 0 Å². The van der Waals surface area contributed by atoms with Crippen molar-refractivity contribution in [2.45, 2.75) is 46.2 Å². The molecule has 0 saturated carbocycles. The molecule has 0 aliphatic carbocycles. The third-order valence-corrected chi connectivity index (χ3v) is 1.37. The molecule has 0 saturated heterocycles. The first-order chi connectivity index (χ1) is 6.13. The van der Waals surface area contributed by atoms with Crippen LogP contribution in [0.2, 0.25) is 0 Å². The van der Waals surface area contributed by atoms with Crippen LogP contribution in [0, 0.1) is 0 Å². The summed E-state index contributed by atoms with van der Waals surface area (Å²) >= 11 is 0. The highest BCUT2D eigenvalue weighted by Crippen LogP contribution is 1.83. The number of hydrogen-bond acceptors (Lipinski definition) is 3. The minimum Gasteiger partial charge on any atom is -0.314 e.